The number of aliphatic carboxylic acids is 1. The van der Waals surface area contributed by atoms with E-state index in [2.05, 4.69) is 5.32 Å². The summed E-state index contributed by atoms with van der Waals surface area (Å²) >= 11 is 5.94. The number of nitrogens with one attached hydrogen (secondary N) is 1. The first-order chi connectivity index (χ1) is 16.4. The van der Waals surface area contributed by atoms with Crippen LogP contribution in [0.2, 0.25) is 5.02 Å². The predicted molar refractivity (Wildman–Crippen MR) is 133 cm³/mol. The molecule has 1 saturated carbocycles. The summed E-state index contributed by atoms with van der Waals surface area (Å²) in [6.07, 6.45) is 4.15. The summed E-state index contributed by atoms with van der Waals surface area (Å²) in [5.74, 6) is 0.218. The minimum absolute atomic E-state index is 0.149. The zero-order valence-corrected chi connectivity index (χ0v) is 20.3. The molecule has 2 N–H and O–H groups in total. The molecule has 184 valence electrons. The van der Waals surface area contributed by atoms with Crippen molar-refractivity contribution in [3.05, 3.63) is 59.1 Å². The molecule has 1 aliphatic rings. The highest BCUT2D eigenvalue weighted by atomic mass is 35.5. The zero-order valence-electron chi connectivity index (χ0n) is 19.5. The third-order valence-corrected chi connectivity index (χ3v) is 6.21. The molecule has 7 nitrogen and oxygen atoms in total. The van der Waals surface area contributed by atoms with Crippen molar-refractivity contribution in [3.63, 3.8) is 0 Å². The van der Waals surface area contributed by atoms with Crippen LogP contribution >= 0.6 is 11.6 Å². The van der Waals surface area contributed by atoms with E-state index >= 15 is 0 Å². The Morgan fingerprint density at radius 3 is 2.41 bits per heavy atom. The van der Waals surface area contributed by atoms with E-state index in [1.807, 2.05) is 29.2 Å². The van der Waals surface area contributed by atoms with Gasteiger partial charge in [0, 0.05) is 30.3 Å². The molecule has 2 amide bonds. The molecule has 1 atom stereocenters. The number of amides is 2. The van der Waals surface area contributed by atoms with E-state index in [9.17, 15) is 14.7 Å². The van der Waals surface area contributed by atoms with Crippen LogP contribution in [0.1, 0.15) is 38.2 Å². The highest BCUT2D eigenvalue weighted by Gasteiger charge is 2.22. The summed E-state index contributed by atoms with van der Waals surface area (Å²) in [7, 11) is 0. The molecule has 0 aromatic heterocycles. The molecule has 0 spiro atoms. The van der Waals surface area contributed by atoms with Gasteiger partial charge in [-0.1, -0.05) is 36.6 Å². The van der Waals surface area contributed by atoms with Gasteiger partial charge >= 0.3 is 12.0 Å². The first kappa shape index (κ1) is 25.8. The SMILES string of the molecule is CCOC(Cc1ccc(OCCN(CC2CCCC2)C(=O)Nc2ccc(Cl)cc2)cc1)C(=O)O. The number of carbonyl (C=O) groups excluding carboxylic acids is 1. The Balaban J connectivity index is 1.54. The quantitative estimate of drug-likeness (QED) is 0.413. The molecule has 34 heavy (non-hydrogen) atoms. The van der Waals surface area contributed by atoms with Gasteiger partial charge in [-0.15, -0.1) is 0 Å². The Kier molecular flexibility index (Phi) is 10.0. The smallest absolute Gasteiger partial charge is 0.333 e. The third kappa shape index (κ3) is 8.22. The van der Waals surface area contributed by atoms with E-state index in [1.165, 1.54) is 12.8 Å². The summed E-state index contributed by atoms with van der Waals surface area (Å²) < 4.78 is 11.2. The summed E-state index contributed by atoms with van der Waals surface area (Å²) in [4.78, 5) is 26.0. The lowest BCUT2D eigenvalue weighted by Crippen LogP contribution is -2.40. The monoisotopic (exact) mass is 488 g/mol. The summed E-state index contributed by atoms with van der Waals surface area (Å²) in [6, 6.07) is 14.2. The van der Waals surface area contributed by atoms with Crippen LogP contribution in [-0.2, 0) is 16.0 Å². The van der Waals surface area contributed by atoms with Gasteiger partial charge in [-0.2, -0.15) is 0 Å². The number of carbonyl (C=O) groups is 2. The molecule has 2 aromatic carbocycles. The fourth-order valence-corrected chi connectivity index (χ4v) is 4.27. The van der Waals surface area contributed by atoms with Crippen LogP contribution in [0.4, 0.5) is 10.5 Å². The highest BCUT2D eigenvalue weighted by molar-refractivity contribution is 6.30. The van der Waals surface area contributed by atoms with Gasteiger partial charge in [-0.3, -0.25) is 0 Å². The fraction of sp³-hybridized carbons (Fsp3) is 0.462. The normalized spacial score (nSPS) is 14.5. The number of hydrogen-bond acceptors (Lipinski definition) is 4. The van der Waals surface area contributed by atoms with Crippen molar-refractivity contribution < 1.29 is 24.2 Å². The molecule has 0 bridgehead atoms. The number of rotatable bonds is 12. The van der Waals surface area contributed by atoms with Crippen LogP contribution in [0.15, 0.2) is 48.5 Å². The number of ether oxygens (including phenoxy) is 2. The minimum Gasteiger partial charge on any atom is -0.492 e. The van der Waals surface area contributed by atoms with Gasteiger partial charge in [0.1, 0.15) is 12.4 Å². The van der Waals surface area contributed by atoms with Crippen LogP contribution < -0.4 is 10.1 Å². The first-order valence-electron chi connectivity index (χ1n) is 11.8. The molecule has 1 unspecified atom stereocenters. The van der Waals surface area contributed by atoms with Crippen LogP contribution in [0.5, 0.6) is 5.75 Å². The number of carboxylic acid groups (broad SMARTS) is 1. The van der Waals surface area contributed by atoms with Crippen molar-refractivity contribution in [1.82, 2.24) is 4.90 Å². The van der Waals surface area contributed by atoms with Gasteiger partial charge < -0.3 is 24.8 Å². The second-order valence-electron chi connectivity index (χ2n) is 8.51. The van der Waals surface area contributed by atoms with E-state index in [4.69, 9.17) is 21.1 Å². The number of halogens is 1. The van der Waals surface area contributed by atoms with Crippen molar-refractivity contribution in [1.29, 1.82) is 0 Å². The molecule has 3 rings (SSSR count). The Hall–Kier alpha value is -2.77. The van der Waals surface area contributed by atoms with Gasteiger partial charge in [0.2, 0.25) is 0 Å². The molecule has 1 fully saturated rings. The molecular weight excluding hydrogens is 456 g/mol. The Bertz CT molecular complexity index is 914. The Morgan fingerprint density at radius 2 is 1.79 bits per heavy atom. The van der Waals surface area contributed by atoms with E-state index < -0.39 is 12.1 Å². The summed E-state index contributed by atoms with van der Waals surface area (Å²) in [5.41, 5.74) is 1.56. The number of anilines is 1. The Morgan fingerprint density at radius 1 is 1.12 bits per heavy atom. The maximum absolute atomic E-state index is 12.9. The topological polar surface area (TPSA) is 88.1 Å². The molecular formula is C26H33ClN2O5. The van der Waals surface area contributed by atoms with Crippen molar-refractivity contribution in [2.45, 2.75) is 45.1 Å². The predicted octanol–water partition coefficient (Wildman–Crippen LogP) is 5.48. The second-order valence-corrected chi connectivity index (χ2v) is 8.95. The molecule has 2 aromatic rings. The van der Waals surface area contributed by atoms with Crippen molar-refractivity contribution in [3.8, 4) is 5.75 Å². The average Bonchev–Trinajstić information content (AvgIpc) is 3.34. The summed E-state index contributed by atoms with van der Waals surface area (Å²) in [6.45, 7) is 3.65. The largest absolute Gasteiger partial charge is 0.492 e. The molecule has 0 heterocycles. The maximum Gasteiger partial charge on any atom is 0.333 e. The number of carboxylic acids is 1. The number of benzene rings is 2. The minimum atomic E-state index is -0.971. The van der Waals surface area contributed by atoms with E-state index in [-0.39, 0.29) is 6.03 Å². The van der Waals surface area contributed by atoms with Crippen molar-refractivity contribution in [2.75, 3.05) is 31.6 Å². The van der Waals surface area contributed by atoms with Crippen molar-refractivity contribution >= 4 is 29.3 Å². The fourth-order valence-electron chi connectivity index (χ4n) is 4.14. The van der Waals surface area contributed by atoms with Gasteiger partial charge in [-0.05, 0) is 67.6 Å². The van der Waals surface area contributed by atoms with Gasteiger partial charge in [0.25, 0.3) is 0 Å². The van der Waals surface area contributed by atoms with Gasteiger partial charge in [0.05, 0.1) is 6.54 Å². The number of hydrogen-bond donors (Lipinski definition) is 2. The van der Waals surface area contributed by atoms with Crippen molar-refractivity contribution in [2.24, 2.45) is 5.92 Å². The summed E-state index contributed by atoms with van der Waals surface area (Å²) in [5, 5.41) is 12.8. The van der Waals surface area contributed by atoms with Crippen LogP contribution in [0, 0.1) is 5.92 Å². The van der Waals surface area contributed by atoms with Crippen LogP contribution in [-0.4, -0.2) is 54.4 Å². The lowest BCUT2D eigenvalue weighted by atomic mass is 10.1. The number of nitrogens with zero attached hydrogens (tertiary/aromatic N) is 1. The number of urea groups is 1. The van der Waals surface area contributed by atoms with Gasteiger partial charge in [0.15, 0.2) is 6.10 Å². The molecule has 0 radical (unpaired) electrons. The van der Waals surface area contributed by atoms with E-state index in [0.29, 0.717) is 55.1 Å². The highest BCUT2D eigenvalue weighted by Crippen LogP contribution is 2.26. The maximum atomic E-state index is 12.9. The molecule has 8 heteroatoms. The average molecular weight is 489 g/mol. The van der Waals surface area contributed by atoms with Gasteiger partial charge in [-0.25, -0.2) is 9.59 Å². The van der Waals surface area contributed by atoms with Crippen LogP contribution in [0.25, 0.3) is 0 Å². The molecule has 1 aliphatic carbocycles. The standard InChI is InChI=1S/C26H33ClN2O5/c1-2-33-24(25(30)31)17-19-7-13-23(14-8-19)34-16-15-29(18-20-5-3-4-6-20)26(32)28-22-11-9-21(27)10-12-22/h7-14,20,24H,2-6,15-18H2,1H3,(H,28,32)(H,30,31). The Labute approximate surface area is 206 Å². The lowest BCUT2D eigenvalue weighted by molar-refractivity contribution is -0.149. The zero-order chi connectivity index (χ0) is 24.3. The molecule has 0 aliphatic heterocycles. The third-order valence-electron chi connectivity index (χ3n) is 5.95. The second kappa shape index (κ2) is 13.2. The first-order valence-corrected chi connectivity index (χ1v) is 12.2. The van der Waals surface area contributed by atoms with E-state index in [0.717, 1.165) is 18.4 Å². The lowest BCUT2D eigenvalue weighted by Gasteiger charge is -2.26. The molecule has 0 saturated heterocycles. The van der Waals surface area contributed by atoms with E-state index in [1.54, 1.807) is 31.2 Å². The van der Waals surface area contributed by atoms with Crippen LogP contribution in [0.3, 0.4) is 0 Å².